The number of nitrogens with one attached hydrogen (secondary N) is 1. The van der Waals surface area contributed by atoms with E-state index < -0.39 is 44.4 Å². The molecule has 0 amide bonds. The van der Waals surface area contributed by atoms with Crippen LogP contribution in [0.3, 0.4) is 0 Å². The maximum absolute atomic E-state index is 13.0. The van der Waals surface area contributed by atoms with Gasteiger partial charge in [-0.1, -0.05) is 24.3 Å². The van der Waals surface area contributed by atoms with E-state index in [1.54, 1.807) is 6.07 Å². The standard InChI is InChI=1S/C22H23F6N3O2S/c23-21(24,25)16-4-1-3-15(9-16)12-30-7-8-31-13-18(11-19(31)14-30)29-34(32,33)20-6-2-5-17(10-20)22(26,27)28/h1-6,9-10,18-19,29H,7-8,11-14H2/t18-,19-/m0/s1. The summed E-state index contributed by atoms with van der Waals surface area (Å²) in [6.07, 6.45) is -8.61. The fourth-order valence-electron chi connectivity index (χ4n) is 4.57. The smallest absolute Gasteiger partial charge is 0.296 e. The average molecular weight is 508 g/mol. The van der Waals surface area contributed by atoms with E-state index in [0.29, 0.717) is 50.8 Å². The summed E-state index contributed by atoms with van der Waals surface area (Å²) in [5.74, 6) is 0. The molecule has 0 bridgehead atoms. The third-order valence-electron chi connectivity index (χ3n) is 6.15. The summed E-state index contributed by atoms with van der Waals surface area (Å²) in [6, 6.07) is 8.30. The van der Waals surface area contributed by atoms with Gasteiger partial charge in [0.1, 0.15) is 0 Å². The van der Waals surface area contributed by atoms with Gasteiger partial charge < -0.3 is 0 Å². The molecule has 2 fully saturated rings. The molecule has 2 aromatic carbocycles. The van der Waals surface area contributed by atoms with Crippen LogP contribution in [0.5, 0.6) is 0 Å². The normalized spacial score (nSPS) is 22.6. The van der Waals surface area contributed by atoms with Crippen molar-refractivity contribution in [1.82, 2.24) is 14.5 Å². The van der Waals surface area contributed by atoms with Gasteiger partial charge in [0.15, 0.2) is 0 Å². The molecule has 1 N–H and O–H groups in total. The first-order valence-electron chi connectivity index (χ1n) is 10.6. The predicted octanol–water partition coefficient (Wildman–Crippen LogP) is 3.96. The van der Waals surface area contributed by atoms with Crippen LogP contribution >= 0.6 is 0 Å². The van der Waals surface area contributed by atoms with Gasteiger partial charge in [0.2, 0.25) is 10.0 Å². The summed E-state index contributed by atoms with van der Waals surface area (Å²) in [6.45, 7) is 2.54. The number of rotatable bonds is 5. The SMILES string of the molecule is O=S(=O)(N[C@H]1C[C@H]2CN(Cc3cccc(C(F)(F)F)c3)CCN2C1)c1cccc(C(F)(F)F)c1. The molecule has 186 valence electrons. The van der Waals surface area contributed by atoms with Crippen LogP contribution in [0.4, 0.5) is 26.3 Å². The first-order valence-corrected chi connectivity index (χ1v) is 12.1. The van der Waals surface area contributed by atoms with Crippen molar-refractivity contribution < 1.29 is 34.8 Å². The zero-order valence-corrected chi connectivity index (χ0v) is 18.7. The number of hydrogen-bond acceptors (Lipinski definition) is 4. The van der Waals surface area contributed by atoms with Crippen LogP contribution < -0.4 is 4.72 Å². The van der Waals surface area contributed by atoms with Crippen LogP contribution in [0, 0.1) is 0 Å². The topological polar surface area (TPSA) is 52.7 Å². The lowest BCUT2D eigenvalue weighted by molar-refractivity contribution is -0.138. The minimum absolute atomic E-state index is 0.00578. The minimum atomic E-state index is -4.65. The molecule has 4 rings (SSSR count). The Balaban J connectivity index is 1.38. The molecule has 0 unspecified atom stereocenters. The predicted molar refractivity (Wildman–Crippen MR) is 112 cm³/mol. The largest absolute Gasteiger partial charge is 0.416 e. The van der Waals surface area contributed by atoms with Crippen LogP contribution in [-0.4, -0.2) is 56.5 Å². The Hall–Kier alpha value is -2.15. The third-order valence-corrected chi connectivity index (χ3v) is 7.67. The third kappa shape index (κ3) is 5.73. The molecule has 0 aliphatic carbocycles. The molecule has 0 radical (unpaired) electrons. The van der Waals surface area contributed by atoms with Gasteiger partial charge in [-0.25, -0.2) is 13.1 Å². The van der Waals surface area contributed by atoms with Gasteiger partial charge in [0, 0.05) is 44.8 Å². The van der Waals surface area contributed by atoms with E-state index in [2.05, 4.69) is 9.62 Å². The van der Waals surface area contributed by atoms with Crippen molar-refractivity contribution in [3.63, 3.8) is 0 Å². The Morgan fingerprint density at radius 2 is 1.53 bits per heavy atom. The van der Waals surface area contributed by atoms with Crippen molar-refractivity contribution in [1.29, 1.82) is 0 Å². The molecule has 2 aliphatic rings. The second-order valence-corrected chi connectivity index (χ2v) is 10.4. The van der Waals surface area contributed by atoms with Crippen molar-refractivity contribution in [2.45, 2.75) is 42.3 Å². The van der Waals surface area contributed by atoms with Crippen molar-refractivity contribution in [3.05, 3.63) is 65.2 Å². The number of hydrogen-bond donors (Lipinski definition) is 1. The van der Waals surface area contributed by atoms with Crippen molar-refractivity contribution >= 4 is 10.0 Å². The van der Waals surface area contributed by atoms with E-state index in [1.165, 1.54) is 6.07 Å². The molecule has 34 heavy (non-hydrogen) atoms. The number of fused-ring (bicyclic) bond motifs is 1. The van der Waals surface area contributed by atoms with Crippen LogP contribution in [0.25, 0.3) is 0 Å². The molecule has 2 saturated heterocycles. The summed E-state index contributed by atoms with van der Waals surface area (Å²) < 4.78 is 106. The first-order chi connectivity index (χ1) is 15.8. The van der Waals surface area contributed by atoms with Crippen molar-refractivity contribution in [2.24, 2.45) is 0 Å². The zero-order chi connectivity index (χ0) is 24.7. The first kappa shape index (κ1) is 25.0. The van der Waals surface area contributed by atoms with Crippen molar-refractivity contribution in [2.75, 3.05) is 26.2 Å². The van der Waals surface area contributed by atoms with E-state index in [1.807, 2.05) is 4.90 Å². The molecule has 0 spiro atoms. The lowest BCUT2D eigenvalue weighted by atomic mass is 10.1. The molecule has 2 aromatic rings. The van der Waals surface area contributed by atoms with Gasteiger partial charge in [-0.2, -0.15) is 26.3 Å². The van der Waals surface area contributed by atoms with E-state index >= 15 is 0 Å². The van der Waals surface area contributed by atoms with Crippen LogP contribution in [0.2, 0.25) is 0 Å². The quantitative estimate of drug-likeness (QED) is 0.623. The second kappa shape index (κ2) is 9.14. The molecule has 0 saturated carbocycles. The summed E-state index contributed by atoms with van der Waals surface area (Å²) in [7, 11) is -4.15. The zero-order valence-electron chi connectivity index (χ0n) is 17.9. The van der Waals surface area contributed by atoms with Gasteiger partial charge >= 0.3 is 12.4 Å². The number of benzene rings is 2. The highest BCUT2D eigenvalue weighted by atomic mass is 32.2. The van der Waals surface area contributed by atoms with Gasteiger partial charge in [-0.3, -0.25) is 9.80 Å². The minimum Gasteiger partial charge on any atom is -0.296 e. The number of piperazine rings is 1. The molecule has 2 aliphatic heterocycles. The molecular weight excluding hydrogens is 484 g/mol. The molecule has 5 nitrogen and oxygen atoms in total. The number of nitrogens with zero attached hydrogens (tertiary/aromatic N) is 2. The Morgan fingerprint density at radius 3 is 2.21 bits per heavy atom. The fraction of sp³-hybridized carbons (Fsp3) is 0.455. The van der Waals surface area contributed by atoms with E-state index in [9.17, 15) is 34.8 Å². The van der Waals surface area contributed by atoms with Gasteiger partial charge in [0.25, 0.3) is 0 Å². The Morgan fingerprint density at radius 1 is 0.882 bits per heavy atom. The van der Waals surface area contributed by atoms with E-state index in [-0.39, 0.29) is 6.04 Å². The highest BCUT2D eigenvalue weighted by molar-refractivity contribution is 7.89. The molecule has 12 heteroatoms. The van der Waals surface area contributed by atoms with Crippen LogP contribution in [0.15, 0.2) is 53.4 Å². The van der Waals surface area contributed by atoms with E-state index in [4.69, 9.17) is 0 Å². The van der Waals surface area contributed by atoms with Gasteiger partial charge in [-0.15, -0.1) is 0 Å². The lowest BCUT2D eigenvalue weighted by Crippen LogP contribution is -2.49. The maximum atomic E-state index is 13.0. The second-order valence-electron chi connectivity index (χ2n) is 8.66. The van der Waals surface area contributed by atoms with Crippen molar-refractivity contribution in [3.8, 4) is 0 Å². The number of sulfonamides is 1. The summed E-state index contributed by atoms with van der Waals surface area (Å²) in [5.41, 5.74) is -1.19. The molecule has 2 heterocycles. The Kier molecular flexibility index (Phi) is 6.71. The fourth-order valence-corrected chi connectivity index (χ4v) is 5.85. The summed E-state index contributed by atoms with van der Waals surface area (Å²) in [4.78, 5) is 3.68. The average Bonchev–Trinajstić information content (AvgIpc) is 3.13. The highest BCUT2D eigenvalue weighted by Crippen LogP contribution is 2.32. The number of alkyl halides is 6. The maximum Gasteiger partial charge on any atom is 0.416 e. The van der Waals surface area contributed by atoms with Crippen LogP contribution in [0.1, 0.15) is 23.1 Å². The summed E-state index contributed by atoms with van der Waals surface area (Å²) in [5, 5.41) is 0. The molecule has 2 atom stereocenters. The van der Waals surface area contributed by atoms with Gasteiger partial charge in [-0.05, 0) is 36.2 Å². The molecular formula is C22H23F6N3O2S. The summed E-state index contributed by atoms with van der Waals surface area (Å²) >= 11 is 0. The Labute approximate surface area is 193 Å². The molecule has 0 aromatic heterocycles. The Bertz CT molecular complexity index is 1140. The van der Waals surface area contributed by atoms with Gasteiger partial charge in [0.05, 0.1) is 16.0 Å². The van der Waals surface area contributed by atoms with Crippen LogP contribution in [-0.2, 0) is 28.9 Å². The van der Waals surface area contributed by atoms with E-state index in [0.717, 1.165) is 30.3 Å². The highest BCUT2D eigenvalue weighted by Gasteiger charge is 2.38. The lowest BCUT2D eigenvalue weighted by Gasteiger charge is -2.37. The number of halogens is 6. The monoisotopic (exact) mass is 507 g/mol.